The maximum atomic E-state index is 12.8. The maximum absolute atomic E-state index is 12.8. The van der Waals surface area contributed by atoms with Gasteiger partial charge in [0.05, 0.1) is 5.56 Å². The standard InChI is InChI=1S/C13H16F3NO/c1-3-9(2)8-18-12-5-4-10(7-17)6-11(12)13(14,15)16/h4-6H,2-3,7-8,17H2,1H3. The molecule has 18 heavy (non-hydrogen) atoms. The second kappa shape index (κ2) is 5.91. The molecule has 0 amide bonds. The number of benzene rings is 1. The minimum Gasteiger partial charge on any atom is -0.489 e. The van der Waals surface area contributed by atoms with Crippen LogP contribution in [0.2, 0.25) is 0 Å². The molecule has 2 N–H and O–H groups in total. The van der Waals surface area contributed by atoms with Crippen LogP contribution < -0.4 is 10.5 Å². The minimum absolute atomic E-state index is 0.0605. The van der Waals surface area contributed by atoms with Gasteiger partial charge in [-0.25, -0.2) is 0 Å². The third kappa shape index (κ3) is 3.77. The third-order valence-electron chi connectivity index (χ3n) is 2.52. The van der Waals surface area contributed by atoms with Gasteiger partial charge in [0.2, 0.25) is 0 Å². The van der Waals surface area contributed by atoms with Gasteiger partial charge >= 0.3 is 6.18 Å². The average Bonchev–Trinajstić information content (AvgIpc) is 2.34. The third-order valence-corrected chi connectivity index (χ3v) is 2.52. The van der Waals surface area contributed by atoms with Crippen LogP contribution in [0, 0.1) is 0 Å². The highest BCUT2D eigenvalue weighted by Gasteiger charge is 2.34. The Bertz CT molecular complexity index is 427. The van der Waals surface area contributed by atoms with Gasteiger partial charge < -0.3 is 10.5 Å². The number of hydrogen-bond donors (Lipinski definition) is 1. The number of hydrogen-bond acceptors (Lipinski definition) is 2. The summed E-state index contributed by atoms with van der Waals surface area (Å²) in [6.07, 6.45) is -3.78. The highest BCUT2D eigenvalue weighted by molar-refractivity contribution is 5.39. The Morgan fingerprint density at radius 2 is 2.06 bits per heavy atom. The monoisotopic (exact) mass is 259 g/mol. The molecule has 0 bridgehead atoms. The lowest BCUT2D eigenvalue weighted by molar-refractivity contribution is -0.138. The van der Waals surface area contributed by atoms with Gasteiger partial charge in [-0.2, -0.15) is 13.2 Å². The zero-order valence-electron chi connectivity index (χ0n) is 10.2. The molecule has 0 unspecified atom stereocenters. The Morgan fingerprint density at radius 1 is 1.39 bits per heavy atom. The van der Waals surface area contributed by atoms with E-state index in [2.05, 4.69) is 6.58 Å². The Kier molecular flexibility index (Phi) is 4.78. The second-order valence-electron chi connectivity index (χ2n) is 3.92. The van der Waals surface area contributed by atoms with Crippen LogP contribution in [0.25, 0.3) is 0 Å². The Hall–Kier alpha value is -1.49. The summed E-state index contributed by atoms with van der Waals surface area (Å²) in [7, 11) is 0. The lowest BCUT2D eigenvalue weighted by atomic mass is 10.1. The van der Waals surface area contributed by atoms with Crippen LogP contribution in [0.3, 0.4) is 0 Å². The predicted octanol–water partition coefficient (Wildman–Crippen LogP) is 3.51. The predicted molar refractivity (Wildman–Crippen MR) is 64.3 cm³/mol. The molecule has 0 spiro atoms. The molecule has 1 rings (SSSR count). The van der Waals surface area contributed by atoms with Gasteiger partial charge in [-0.05, 0) is 29.7 Å². The van der Waals surface area contributed by atoms with Crippen LogP contribution in [-0.4, -0.2) is 6.61 Å². The van der Waals surface area contributed by atoms with Gasteiger partial charge in [-0.15, -0.1) is 0 Å². The van der Waals surface area contributed by atoms with Crippen LogP contribution in [0.4, 0.5) is 13.2 Å². The van der Waals surface area contributed by atoms with E-state index in [-0.39, 0.29) is 18.9 Å². The fraction of sp³-hybridized carbons (Fsp3) is 0.385. The van der Waals surface area contributed by atoms with Gasteiger partial charge in [0.25, 0.3) is 0 Å². The Balaban J connectivity index is 2.99. The summed E-state index contributed by atoms with van der Waals surface area (Å²) >= 11 is 0. The molecule has 0 aromatic heterocycles. The molecule has 0 aliphatic carbocycles. The quantitative estimate of drug-likeness (QED) is 0.821. The smallest absolute Gasteiger partial charge is 0.419 e. The highest BCUT2D eigenvalue weighted by atomic mass is 19.4. The number of alkyl halides is 3. The van der Waals surface area contributed by atoms with E-state index in [4.69, 9.17) is 10.5 Å². The molecule has 0 saturated heterocycles. The largest absolute Gasteiger partial charge is 0.489 e. The summed E-state index contributed by atoms with van der Waals surface area (Å²) in [5, 5.41) is 0. The van der Waals surface area contributed by atoms with Crippen LogP contribution in [0.1, 0.15) is 24.5 Å². The molecule has 5 heteroatoms. The maximum Gasteiger partial charge on any atom is 0.419 e. The molecule has 1 aromatic rings. The van der Waals surface area contributed by atoms with Crippen molar-refractivity contribution in [3.8, 4) is 5.75 Å². The fourth-order valence-electron chi connectivity index (χ4n) is 1.33. The van der Waals surface area contributed by atoms with Crippen molar-refractivity contribution in [1.29, 1.82) is 0 Å². The molecule has 0 aliphatic rings. The molecule has 0 saturated carbocycles. The van der Waals surface area contributed by atoms with Crippen LogP contribution in [0.15, 0.2) is 30.4 Å². The molecule has 100 valence electrons. The van der Waals surface area contributed by atoms with Gasteiger partial charge in [0, 0.05) is 6.54 Å². The van der Waals surface area contributed by atoms with Crippen molar-refractivity contribution in [1.82, 2.24) is 0 Å². The fourth-order valence-corrected chi connectivity index (χ4v) is 1.33. The van der Waals surface area contributed by atoms with Crippen molar-refractivity contribution >= 4 is 0 Å². The molecule has 0 aliphatic heterocycles. The number of halogens is 3. The van der Waals surface area contributed by atoms with E-state index in [0.29, 0.717) is 12.0 Å². The van der Waals surface area contributed by atoms with Gasteiger partial charge in [-0.3, -0.25) is 0 Å². The summed E-state index contributed by atoms with van der Waals surface area (Å²) in [4.78, 5) is 0. The van der Waals surface area contributed by atoms with Gasteiger partial charge in [0.15, 0.2) is 0 Å². The summed E-state index contributed by atoms with van der Waals surface area (Å²) in [5.74, 6) is -0.186. The molecule has 0 radical (unpaired) electrons. The first-order valence-corrected chi connectivity index (χ1v) is 5.58. The second-order valence-corrected chi connectivity index (χ2v) is 3.92. The van der Waals surface area contributed by atoms with Crippen molar-refractivity contribution in [2.75, 3.05) is 6.61 Å². The first-order valence-electron chi connectivity index (χ1n) is 5.58. The molecule has 0 fully saturated rings. The summed E-state index contributed by atoms with van der Waals surface area (Å²) in [5.41, 5.74) is 5.70. The van der Waals surface area contributed by atoms with Gasteiger partial charge in [0.1, 0.15) is 12.4 Å². The van der Waals surface area contributed by atoms with Crippen molar-refractivity contribution in [2.24, 2.45) is 5.73 Å². The molecule has 2 nitrogen and oxygen atoms in total. The van der Waals surface area contributed by atoms with Crippen molar-refractivity contribution in [3.05, 3.63) is 41.5 Å². The Morgan fingerprint density at radius 3 is 2.56 bits per heavy atom. The normalized spacial score (nSPS) is 11.4. The number of ether oxygens (including phenoxy) is 1. The zero-order valence-corrected chi connectivity index (χ0v) is 10.2. The van der Waals surface area contributed by atoms with E-state index >= 15 is 0 Å². The van der Waals surface area contributed by atoms with E-state index in [9.17, 15) is 13.2 Å². The molecular weight excluding hydrogens is 243 g/mol. The average molecular weight is 259 g/mol. The topological polar surface area (TPSA) is 35.2 Å². The van der Waals surface area contributed by atoms with Gasteiger partial charge in [-0.1, -0.05) is 19.6 Å². The molecule has 0 atom stereocenters. The first-order chi connectivity index (χ1) is 8.38. The summed E-state index contributed by atoms with van der Waals surface area (Å²) in [6, 6.07) is 3.84. The van der Waals surface area contributed by atoms with Crippen LogP contribution in [-0.2, 0) is 12.7 Å². The number of rotatable bonds is 5. The van der Waals surface area contributed by atoms with Crippen molar-refractivity contribution in [3.63, 3.8) is 0 Å². The van der Waals surface area contributed by atoms with Crippen LogP contribution in [0.5, 0.6) is 5.75 Å². The highest BCUT2D eigenvalue weighted by Crippen LogP contribution is 2.37. The van der Waals surface area contributed by atoms with E-state index in [0.717, 1.165) is 11.6 Å². The molecule has 0 heterocycles. The molecular formula is C13H16F3NO. The molecule has 1 aromatic carbocycles. The zero-order chi connectivity index (χ0) is 13.8. The van der Waals surface area contributed by atoms with Crippen molar-refractivity contribution in [2.45, 2.75) is 26.1 Å². The lowest BCUT2D eigenvalue weighted by Gasteiger charge is -2.15. The van der Waals surface area contributed by atoms with E-state index < -0.39 is 11.7 Å². The first kappa shape index (κ1) is 14.6. The Labute approximate surface area is 104 Å². The number of nitrogens with two attached hydrogens (primary N) is 1. The SMILES string of the molecule is C=C(CC)COc1ccc(CN)cc1C(F)(F)F. The van der Waals surface area contributed by atoms with E-state index in [1.54, 1.807) is 0 Å². The minimum atomic E-state index is -4.45. The summed E-state index contributed by atoms with van der Waals surface area (Å²) < 4.78 is 43.6. The van der Waals surface area contributed by atoms with E-state index in [1.165, 1.54) is 12.1 Å². The van der Waals surface area contributed by atoms with Crippen molar-refractivity contribution < 1.29 is 17.9 Å². The van der Waals surface area contributed by atoms with E-state index in [1.807, 2.05) is 6.92 Å². The summed E-state index contributed by atoms with van der Waals surface area (Å²) in [6.45, 7) is 5.70. The van der Waals surface area contributed by atoms with Crippen LogP contribution >= 0.6 is 0 Å². The lowest BCUT2D eigenvalue weighted by Crippen LogP contribution is -2.11.